The van der Waals surface area contributed by atoms with Crippen LogP contribution in [-0.4, -0.2) is 13.1 Å². The van der Waals surface area contributed by atoms with E-state index in [2.05, 4.69) is 64.3 Å². The zero-order chi connectivity index (χ0) is 11.9. The van der Waals surface area contributed by atoms with Crippen molar-refractivity contribution in [3.05, 3.63) is 35.4 Å². The Hall–Kier alpha value is -0.820. The molecule has 1 saturated carbocycles. The normalized spacial score (nSPS) is 32.2. The number of rotatable bonds is 2. The molecule has 2 rings (SSSR count). The van der Waals surface area contributed by atoms with Crippen molar-refractivity contribution < 1.29 is 0 Å². The van der Waals surface area contributed by atoms with E-state index in [1.54, 1.807) is 0 Å². The molecule has 0 amide bonds. The summed E-state index contributed by atoms with van der Waals surface area (Å²) in [4.78, 5) is 0. The van der Waals surface area contributed by atoms with Crippen LogP contribution in [0, 0.1) is 18.3 Å². The molecule has 88 valence electrons. The molecule has 0 aromatic heterocycles. The van der Waals surface area contributed by atoms with E-state index in [0.717, 1.165) is 5.92 Å². The van der Waals surface area contributed by atoms with Crippen molar-refractivity contribution >= 4 is 0 Å². The van der Waals surface area contributed by atoms with Crippen molar-refractivity contribution in [3.8, 4) is 0 Å². The second kappa shape index (κ2) is 3.89. The van der Waals surface area contributed by atoms with Gasteiger partial charge in [-0.05, 0) is 36.8 Å². The van der Waals surface area contributed by atoms with Crippen LogP contribution >= 0.6 is 0 Å². The van der Waals surface area contributed by atoms with Gasteiger partial charge in [0, 0.05) is 6.04 Å². The molecule has 1 aromatic rings. The molecule has 0 bridgehead atoms. The molecular formula is C15H23N. The van der Waals surface area contributed by atoms with E-state index in [9.17, 15) is 0 Å². The predicted octanol–water partition coefficient (Wildman–Crippen LogP) is 3.34. The van der Waals surface area contributed by atoms with Gasteiger partial charge in [-0.25, -0.2) is 0 Å². The fourth-order valence-corrected chi connectivity index (χ4v) is 3.76. The molecule has 1 aliphatic rings. The second-order valence-electron chi connectivity index (χ2n) is 5.84. The molecule has 16 heavy (non-hydrogen) atoms. The molecule has 3 unspecified atom stereocenters. The van der Waals surface area contributed by atoms with Gasteiger partial charge in [-0.1, -0.05) is 50.6 Å². The highest BCUT2D eigenvalue weighted by molar-refractivity contribution is 5.31. The molecule has 1 nitrogen and oxygen atoms in total. The summed E-state index contributed by atoms with van der Waals surface area (Å²) in [5.74, 6) is 1.41. The summed E-state index contributed by atoms with van der Waals surface area (Å²) in [6.45, 7) is 9.25. The summed E-state index contributed by atoms with van der Waals surface area (Å²) in [7, 11) is 2.08. The van der Waals surface area contributed by atoms with Crippen LogP contribution in [0.15, 0.2) is 24.3 Å². The number of benzene rings is 1. The van der Waals surface area contributed by atoms with Gasteiger partial charge in [-0.2, -0.15) is 0 Å². The fourth-order valence-electron chi connectivity index (χ4n) is 3.76. The molecule has 1 N–H and O–H groups in total. The zero-order valence-corrected chi connectivity index (χ0v) is 11.0. The minimum Gasteiger partial charge on any atom is -0.316 e. The lowest BCUT2D eigenvalue weighted by Gasteiger charge is -2.58. The Bertz CT molecular complexity index is 364. The maximum absolute atomic E-state index is 3.45. The van der Waals surface area contributed by atoms with Crippen molar-refractivity contribution in [1.82, 2.24) is 5.32 Å². The highest BCUT2D eigenvalue weighted by Crippen LogP contribution is 2.56. The summed E-state index contributed by atoms with van der Waals surface area (Å²) in [6, 6.07) is 9.68. The summed E-state index contributed by atoms with van der Waals surface area (Å²) < 4.78 is 0. The molecular weight excluding hydrogens is 194 g/mol. The van der Waals surface area contributed by atoms with Crippen LogP contribution in [0.3, 0.4) is 0 Å². The monoisotopic (exact) mass is 217 g/mol. The smallest absolute Gasteiger partial charge is 0.0153 e. The number of hydrogen-bond donors (Lipinski definition) is 1. The Morgan fingerprint density at radius 2 is 1.69 bits per heavy atom. The van der Waals surface area contributed by atoms with Crippen LogP contribution in [-0.2, 0) is 0 Å². The standard InChI is InChI=1S/C15H23N/c1-10-6-8-12(9-7-10)13-11(2)14(16-5)15(13,3)4/h6-9,11,13-14,16H,1-5H3. The number of aryl methyl sites for hydroxylation is 1. The molecule has 1 heteroatoms. The van der Waals surface area contributed by atoms with Crippen LogP contribution in [0.2, 0.25) is 0 Å². The topological polar surface area (TPSA) is 12.0 Å². The summed E-state index contributed by atoms with van der Waals surface area (Å²) >= 11 is 0. The van der Waals surface area contributed by atoms with E-state index in [4.69, 9.17) is 0 Å². The Kier molecular flexibility index (Phi) is 2.83. The molecule has 0 spiro atoms. The average Bonchev–Trinajstić information content (AvgIpc) is 2.21. The third kappa shape index (κ3) is 1.58. The van der Waals surface area contributed by atoms with E-state index in [1.165, 1.54) is 11.1 Å². The van der Waals surface area contributed by atoms with E-state index >= 15 is 0 Å². The van der Waals surface area contributed by atoms with Crippen LogP contribution in [0.25, 0.3) is 0 Å². The first-order chi connectivity index (χ1) is 7.48. The van der Waals surface area contributed by atoms with Gasteiger partial charge in [0.2, 0.25) is 0 Å². The summed E-state index contributed by atoms with van der Waals surface area (Å²) in [5, 5.41) is 3.45. The lowest BCUT2D eigenvalue weighted by molar-refractivity contribution is 0.00508. The van der Waals surface area contributed by atoms with Gasteiger partial charge in [0.1, 0.15) is 0 Å². The van der Waals surface area contributed by atoms with Gasteiger partial charge in [0.15, 0.2) is 0 Å². The molecule has 0 radical (unpaired) electrons. The Labute approximate surface area is 99.3 Å². The lowest BCUT2D eigenvalue weighted by Crippen LogP contribution is -2.60. The highest BCUT2D eigenvalue weighted by atomic mass is 14.9. The lowest BCUT2D eigenvalue weighted by atomic mass is 9.50. The van der Waals surface area contributed by atoms with Crippen molar-refractivity contribution in [2.75, 3.05) is 7.05 Å². The van der Waals surface area contributed by atoms with Crippen molar-refractivity contribution in [2.24, 2.45) is 11.3 Å². The molecule has 0 heterocycles. The van der Waals surface area contributed by atoms with E-state index in [0.29, 0.717) is 17.4 Å². The fraction of sp³-hybridized carbons (Fsp3) is 0.600. The average molecular weight is 217 g/mol. The van der Waals surface area contributed by atoms with Crippen LogP contribution in [0.5, 0.6) is 0 Å². The van der Waals surface area contributed by atoms with E-state index < -0.39 is 0 Å². The van der Waals surface area contributed by atoms with E-state index in [1.807, 2.05) is 0 Å². The van der Waals surface area contributed by atoms with Gasteiger partial charge >= 0.3 is 0 Å². The van der Waals surface area contributed by atoms with Crippen molar-refractivity contribution in [2.45, 2.75) is 39.7 Å². The molecule has 0 saturated heterocycles. The molecule has 1 fully saturated rings. The minimum atomic E-state index is 0.365. The van der Waals surface area contributed by atoms with Gasteiger partial charge in [-0.15, -0.1) is 0 Å². The summed E-state index contributed by atoms with van der Waals surface area (Å²) in [6.07, 6.45) is 0. The van der Waals surface area contributed by atoms with Gasteiger partial charge in [0.25, 0.3) is 0 Å². The molecule has 1 aliphatic carbocycles. The summed E-state index contributed by atoms with van der Waals surface area (Å²) in [5.41, 5.74) is 3.21. The maximum Gasteiger partial charge on any atom is 0.0153 e. The minimum absolute atomic E-state index is 0.365. The molecule has 0 aliphatic heterocycles. The maximum atomic E-state index is 3.45. The number of hydrogen-bond acceptors (Lipinski definition) is 1. The first-order valence-corrected chi connectivity index (χ1v) is 6.22. The van der Waals surface area contributed by atoms with Gasteiger partial charge < -0.3 is 5.32 Å². The van der Waals surface area contributed by atoms with Gasteiger partial charge in [0.05, 0.1) is 0 Å². The molecule has 3 atom stereocenters. The predicted molar refractivity (Wildman–Crippen MR) is 69.7 cm³/mol. The van der Waals surface area contributed by atoms with E-state index in [-0.39, 0.29) is 0 Å². The van der Waals surface area contributed by atoms with Crippen LogP contribution < -0.4 is 5.32 Å². The SMILES string of the molecule is CNC1C(C)C(c2ccc(C)cc2)C1(C)C. The highest BCUT2D eigenvalue weighted by Gasteiger charge is 2.53. The first-order valence-electron chi connectivity index (χ1n) is 6.22. The Morgan fingerprint density at radius 1 is 1.12 bits per heavy atom. The third-order valence-corrected chi connectivity index (χ3v) is 4.40. The zero-order valence-electron chi connectivity index (χ0n) is 11.0. The van der Waals surface area contributed by atoms with Crippen molar-refractivity contribution in [3.63, 3.8) is 0 Å². The molecule has 1 aromatic carbocycles. The Balaban J connectivity index is 2.26. The van der Waals surface area contributed by atoms with Crippen molar-refractivity contribution in [1.29, 1.82) is 0 Å². The first kappa shape index (κ1) is 11.7. The Morgan fingerprint density at radius 3 is 2.12 bits per heavy atom. The van der Waals surface area contributed by atoms with Crippen LogP contribution in [0.4, 0.5) is 0 Å². The van der Waals surface area contributed by atoms with Crippen LogP contribution in [0.1, 0.15) is 37.8 Å². The largest absolute Gasteiger partial charge is 0.316 e. The third-order valence-electron chi connectivity index (χ3n) is 4.40. The van der Waals surface area contributed by atoms with Gasteiger partial charge in [-0.3, -0.25) is 0 Å². The second-order valence-corrected chi connectivity index (χ2v) is 5.84. The number of nitrogens with one attached hydrogen (secondary N) is 1. The quantitative estimate of drug-likeness (QED) is 0.801.